The molecule has 156 valence electrons. The number of carbonyl (C=O) groups excluding carboxylic acids is 1. The Morgan fingerprint density at radius 3 is 2.14 bits per heavy atom. The topological polar surface area (TPSA) is 75.3 Å². The molecule has 29 heavy (non-hydrogen) atoms. The van der Waals surface area contributed by atoms with Gasteiger partial charge < -0.3 is 29.0 Å². The average molecular weight is 401 g/mol. The molecule has 0 aliphatic heterocycles. The molecule has 0 radical (unpaired) electrons. The quantitative estimate of drug-likeness (QED) is 0.616. The number of amides is 1. The lowest BCUT2D eigenvalue weighted by molar-refractivity contribution is -0.117. The van der Waals surface area contributed by atoms with Crippen LogP contribution in [0.5, 0.6) is 28.7 Å². The predicted octanol–water partition coefficient (Wildman–Crippen LogP) is 3.32. The number of carbonyl (C=O) groups is 1. The molecule has 0 bridgehead atoms. The molecule has 0 heterocycles. The van der Waals surface area contributed by atoms with Crippen LogP contribution in [0.4, 0.5) is 0 Å². The van der Waals surface area contributed by atoms with E-state index in [0.717, 1.165) is 5.75 Å². The highest BCUT2D eigenvalue weighted by molar-refractivity contribution is 5.92. The fourth-order valence-corrected chi connectivity index (χ4v) is 2.65. The summed E-state index contributed by atoms with van der Waals surface area (Å²) in [5.74, 6) is 2.74. The monoisotopic (exact) mass is 401 g/mol. The summed E-state index contributed by atoms with van der Waals surface area (Å²) in [6.07, 6.45) is 3.10. The smallest absolute Gasteiger partial charge is 0.244 e. The molecule has 2 aromatic rings. The minimum absolute atomic E-state index is 0.179. The Balaban J connectivity index is 1.94. The van der Waals surface area contributed by atoms with Crippen LogP contribution in [0, 0.1) is 0 Å². The Kier molecular flexibility index (Phi) is 8.21. The molecule has 0 aliphatic carbocycles. The molecule has 1 amide bonds. The van der Waals surface area contributed by atoms with Gasteiger partial charge in [0.1, 0.15) is 18.1 Å². The molecular weight excluding hydrogens is 374 g/mol. The van der Waals surface area contributed by atoms with Crippen molar-refractivity contribution in [1.82, 2.24) is 5.32 Å². The van der Waals surface area contributed by atoms with Crippen LogP contribution in [0.3, 0.4) is 0 Å². The highest BCUT2D eigenvalue weighted by Crippen LogP contribution is 2.40. The fourth-order valence-electron chi connectivity index (χ4n) is 2.65. The van der Waals surface area contributed by atoms with E-state index in [1.807, 2.05) is 31.2 Å². The molecule has 1 atom stereocenters. The summed E-state index contributed by atoms with van der Waals surface area (Å²) >= 11 is 0. The van der Waals surface area contributed by atoms with E-state index in [1.165, 1.54) is 20.3 Å². The van der Waals surface area contributed by atoms with Crippen LogP contribution >= 0.6 is 0 Å². The van der Waals surface area contributed by atoms with Crippen LogP contribution in [0.1, 0.15) is 12.5 Å². The van der Waals surface area contributed by atoms with Crippen LogP contribution in [-0.4, -0.2) is 47.0 Å². The van der Waals surface area contributed by atoms with Gasteiger partial charge in [0.25, 0.3) is 0 Å². The second-order valence-corrected chi connectivity index (χ2v) is 6.15. The van der Waals surface area contributed by atoms with Gasteiger partial charge in [-0.15, -0.1) is 0 Å². The third-order valence-electron chi connectivity index (χ3n) is 4.10. The zero-order chi connectivity index (χ0) is 21.2. The number of benzene rings is 2. The molecule has 7 nitrogen and oxygen atoms in total. The molecule has 0 spiro atoms. The van der Waals surface area contributed by atoms with Crippen LogP contribution in [0.15, 0.2) is 42.5 Å². The van der Waals surface area contributed by atoms with Crippen molar-refractivity contribution in [1.29, 1.82) is 0 Å². The van der Waals surface area contributed by atoms with Crippen molar-refractivity contribution in [2.75, 3.05) is 35.0 Å². The molecule has 0 aliphatic rings. The lowest BCUT2D eigenvalue weighted by Gasteiger charge is -2.15. The number of hydrogen-bond acceptors (Lipinski definition) is 6. The summed E-state index contributed by atoms with van der Waals surface area (Å²) in [4.78, 5) is 12.2. The fraction of sp³-hybridized carbons (Fsp3) is 0.318. The summed E-state index contributed by atoms with van der Waals surface area (Å²) < 4.78 is 26.8. The van der Waals surface area contributed by atoms with Crippen molar-refractivity contribution in [2.45, 2.75) is 13.0 Å². The van der Waals surface area contributed by atoms with Gasteiger partial charge in [-0.3, -0.25) is 4.79 Å². The standard InChI is InChI=1S/C22H27NO6/c1-15(14-29-18-10-8-17(25-2)9-11-18)23-20(24)13-7-16-6-12-19(26-3)22(28-5)21(16)27-4/h6-13,15H,14H2,1-5H3,(H,23,24)/b13-7+/t15-/m1/s1. The molecule has 7 heteroatoms. The first-order chi connectivity index (χ1) is 14.0. The van der Waals surface area contributed by atoms with Crippen molar-refractivity contribution < 1.29 is 28.5 Å². The van der Waals surface area contributed by atoms with Gasteiger partial charge in [0, 0.05) is 11.6 Å². The number of nitrogens with one attached hydrogen (secondary N) is 1. The van der Waals surface area contributed by atoms with Gasteiger partial charge in [-0.1, -0.05) is 0 Å². The second-order valence-electron chi connectivity index (χ2n) is 6.15. The van der Waals surface area contributed by atoms with Crippen molar-refractivity contribution >= 4 is 12.0 Å². The molecule has 2 aromatic carbocycles. The average Bonchev–Trinajstić information content (AvgIpc) is 2.75. The maximum absolute atomic E-state index is 12.2. The van der Waals surface area contributed by atoms with Crippen LogP contribution in [0.2, 0.25) is 0 Å². The summed E-state index contributed by atoms with van der Waals surface area (Å²) in [5, 5.41) is 2.86. The maximum Gasteiger partial charge on any atom is 0.244 e. The molecule has 0 fully saturated rings. The molecule has 1 N–H and O–H groups in total. The first-order valence-electron chi connectivity index (χ1n) is 9.06. The Labute approximate surface area is 171 Å². The van der Waals surface area contributed by atoms with Crippen molar-refractivity contribution in [3.63, 3.8) is 0 Å². The number of methoxy groups -OCH3 is 4. The van der Waals surface area contributed by atoms with E-state index in [1.54, 1.807) is 32.4 Å². The summed E-state index contributed by atoms with van der Waals surface area (Å²) in [5.41, 5.74) is 0.697. The SMILES string of the molecule is COc1ccc(OC[C@@H](C)NC(=O)/C=C/c2ccc(OC)c(OC)c2OC)cc1. The first-order valence-corrected chi connectivity index (χ1v) is 9.06. The molecule has 0 saturated heterocycles. The third kappa shape index (κ3) is 6.07. The van der Waals surface area contributed by atoms with Gasteiger partial charge in [-0.05, 0) is 49.4 Å². The Morgan fingerprint density at radius 2 is 1.55 bits per heavy atom. The van der Waals surface area contributed by atoms with Gasteiger partial charge in [-0.2, -0.15) is 0 Å². The van der Waals surface area contributed by atoms with E-state index in [-0.39, 0.29) is 11.9 Å². The highest BCUT2D eigenvalue weighted by Gasteiger charge is 2.14. The third-order valence-corrected chi connectivity index (χ3v) is 4.10. The van der Waals surface area contributed by atoms with Gasteiger partial charge in [0.05, 0.1) is 34.5 Å². The van der Waals surface area contributed by atoms with E-state index in [4.69, 9.17) is 23.7 Å². The van der Waals surface area contributed by atoms with Gasteiger partial charge >= 0.3 is 0 Å². The Morgan fingerprint density at radius 1 is 0.897 bits per heavy atom. The maximum atomic E-state index is 12.2. The molecule has 2 rings (SSSR count). The van der Waals surface area contributed by atoms with E-state index in [9.17, 15) is 4.79 Å². The number of hydrogen-bond donors (Lipinski definition) is 1. The van der Waals surface area contributed by atoms with Crippen molar-refractivity contribution in [3.05, 3.63) is 48.0 Å². The highest BCUT2D eigenvalue weighted by atomic mass is 16.5. The minimum atomic E-state index is -0.243. The van der Waals surface area contributed by atoms with E-state index < -0.39 is 0 Å². The zero-order valence-corrected chi connectivity index (χ0v) is 17.4. The predicted molar refractivity (Wildman–Crippen MR) is 111 cm³/mol. The Hall–Kier alpha value is -3.35. The van der Waals surface area contributed by atoms with Crippen LogP contribution in [0.25, 0.3) is 6.08 Å². The van der Waals surface area contributed by atoms with Gasteiger partial charge in [0.15, 0.2) is 11.5 Å². The normalized spacial score (nSPS) is 11.6. The second kappa shape index (κ2) is 10.8. The summed E-state index contributed by atoms with van der Waals surface area (Å²) in [6, 6.07) is 10.6. The molecule has 0 saturated carbocycles. The van der Waals surface area contributed by atoms with Gasteiger partial charge in [-0.25, -0.2) is 0 Å². The largest absolute Gasteiger partial charge is 0.497 e. The van der Waals surface area contributed by atoms with Crippen molar-refractivity contribution in [2.24, 2.45) is 0 Å². The lowest BCUT2D eigenvalue weighted by atomic mass is 10.1. The summed E-state index contributed by atoms with van der Waals surface area (Å²) in [6.45, 7) is 2.21. The first kappa shape index (κ1) is 21.9. The molecular formula is C22H27NO6. The van der Waals surface area contributed by atoms with E-state index in [0.29, 0.717) is 35.2 Å². The van der Waals surface area contributed by atoms with E-state index in [2.05, 4.69) is 5.32 Å². The summed E-state index contributed by atoms with van der Waals surface area (Å²) in [7, 11) is 6.23. The van der Waals surface area contributed by atoms with Crippen molar-refractivity contribution in [3.8, 4) is 28.7 Å². The zero-order valence-electron chi connectivity index (χ0n) is 17.4. The lowest BCUT2D eigenvalue weighted by Crippen LogP contribution is -2.35. The minimum Gasteiger partial charge on any atom is -0.497 e. The molecule has 0 aromatic heterocycles. The molecule has 0 unspecified atom stereocenters. The number of ether oxygens (including phenoxy) is 5. The number of rotatable bonds is 10. The van der Waals surface area contributed by atoms with Crippen LogP contribution in [-0.2, 0) is 4.79 Å². The Bertz CT molecular complexity index is 832. The van der Waals surface area contributed by atoms with E-state index >= 15 is 0 Å². The van der Waals surface area contributed by atoms with Gasteiger partial charge in [0.2, 0.25) is 11.7 Å². The van der Waals surface area contributed by atoms with Crippen LogP contribution < -0.4 is 29.0 Å².